The third-order valence-corrected chi connectivity index (χ3v) is 4.06. The van der Waals surface area contributed by atoms with Crippen molar-refractivity contribution in [3.8, 4) is 11.1 Å². The molecule has 0 amide bonds. The van der Waals surface area contributed by atoms with E-state index in [1.807, 2.05) is 0 Å². The van der Waals surface area contributed by atoms with Gasteiger partial charge in [-0.3, -0.25) is 0 Å². The zero-order chi connectivity index (χ0) is 13.1. The van der Waals surface area contributed by atoms with Crippen molar-refractivity contribution in [2.45, 2.75) is 25.7 Å². The van der Waals surface area contributed by atoms with Gasteiger partial charge >= 0.3 is 0 Å². The molecule has 1 atom stereocenters. The summed E-state index contributed by atoms with van der Waals surface area (Å²) in [7, 11) is 0. The van der Waals surface area contributed by atoms with Crippen molar-refractivity contribution in [1.82, 2.24) is 5.32 Å². The van der Waals surface area contributed by atoms with Crippen LogP contribution < -0.4 is 5.32 Å². The lowest BCUT2D eigenvalue weighted by Crippen LogP contribution is -2.28. The topological polar surface area (TPSA) is 12.0 Å². The SMILES string of the molecule is Cc1ccc(-c2ccc(C3CCCNC3)cc2)cc1. The second-order valence-corrected chi connectivity index (χ2v) is 5.53. The first-order valence-electron chi connectivity index (χ1n) is 7.21. The highest BCUT2D eigenvalue weighted by Crippen LogP contribution is 2.26. The van der Waals surface area contributed by atoms with Crippen LogP contribution in [0.1, 0.15) is 29.9 Å². The van der Waals surface area contributed by atoms with Crippen LogP contribution in [0.15, 0.2) is 48.5 Å². The van der Waals surface area contributed by atoms with E-state index >= 15 is 0 Å². The highest BCUT2D eigenvalue weighted by atomic mass is 14.9. The number of nitrogens with one attached hydrogen (secondary N) is 1. The van der Waals surface area contributed by atoms with Gasteiger partial charge in [-0.2, -0.15) is 0 Å². The number of aryl methyl sites for hydroxylation is 1. The summed E-state index contributed by atoms with van der Waals surface area (Å²) in [6, 6.07) is 17.9. The first kappa shape index (κ1) is 12.4. The molecule has 1 heterocycles. The minimum absolute atomic E-state index is 0.695. The summed E-state index contributed by atoms with van der Waals surface area (Å²) in [5.41, 5.74) is 5.41. The Morgan fingerprint density at radius 1 is 0.895 bits per heavy atom. The molecular weight excluding hydrogens is 230 g/mol. The first-order valence-corrected chi connectivity index (χ1v) is 7.21. The Kier molecular flexibility index (Phi) is 3.65. The van der Waals surface area contributed by atoms with Crippen LogP contribution >= 0.6 is 0 Å². The molecule has 1 heteroatoms. The molecule has 1 unspecified atom stereocenters. The molecule has 2 aromatic carbocycles. The molecule has 1 fully saturated rings. The second-order valence-electron chi connectivity index (χ2n) is 5.53. The average molecular weight is 251 g/mol. The van der Waals surface area contributed by atoms with E-state index in [0.717, 1.165) is 6.54 Å². The van der Waals surface area contributed by atoms with Crippen molar-refractivity contribution >= 4 is 0 Å². The van der Waals surface area contributed by atoms with E-state index in [1.54, 1.807) is 0 Å². The molecule has 0 spiro atoms. The fourth-order valence-corrected chi connectivity index (χ4v) is 2.83. The van der Waals surface area contributed by atoms with Gasteiger partial charge in [0.25, 0.3) is 0 Å². The van der Waals surface area contributed by atoms with Crippen molar-refractivity contribution < 1.29 is 0 Å². The van der Waals surface area contributed by atoms with Gasteiger partial charge in [-0.25, -0.2) is 0 Å². The lowest BCUT2D eigenvalue weighted by atomic mass is 9.90. The Morgan fingerprint density at radius 2 is 1.53 bits per heavy atom. The van der Waals surface area contributed by atoms with Crippen LogP contribution in [0.4, 0.5) is 0 Å². The Hall–Kier alpha value is -1.60. The fourth-order valence-electron chi connectivity index (χ4n) is 2.83. The molecule has 0 bridgehead atoms. The van der Waals surface area contributed by atoms with E-state index in [1.165, 1.54) is 41.6 Å². The molecule has 1 saturated heterocycles. The first-order chi connectivity index (χ1) is 9.33. The fraction of sp³-hybridized carbons (Fsp3) is 0.333. The van der Waals surface area contributed by atoms with E-state index < -0.39 is 0 Å². The summed E-state index contributed by atoms with van der Waals surface area (Å²) < 4.78 is 0. The molecule has 1 aliphatic rings. The van der Waals surface area contributed by atoms with Gasteiger partial charge < -0.3 is 5.32 Å². The van der Waals surface area contributed by atoms with Gasteiger partial charge in [-0.15, -0.1) is 0 Å². The van der Waals surface area contributed by atoms with E-state index in [4.69, 9.17) is 0 Å². The monoisotopic (exact) mass is 251 g/mol. The van der Waals surface area contributed by atoms with Gasteiger partial charge in [0.05, 0.1) is 0 Å². The maximum absolute atomic E-state index is 3.49. The maximum Gasteiger partial charge on any atom is 0.00201 e. The summed E-state index contributed by atoms with van der Waals surface area (Å²) in [6.45, 7) is 4.44. The quantitative estimate of drug-likeness (QED) is 0.846. The number of hydrogen-bond acceptors (Lipinski definition) is 1. The number of hydrogen-bond donors (Lipinski definition) is 1. The number of benzene rings is 2. The van der Waals surface area contributed by atoms with Crippen LogP contribution in [0.25, 0.3) is 11.1 Å². The van der Waals surface area contributed by atoms with Gasteiger partial charge in [0.15, 0.2) is 0 Å². The smallest absolute Gasteiger partial charge is 0.00201 e. The Balaban J connectivity index is 1.80. The Labute approximate surface area is 115 Å². The minimum Gasteiger partial charge on any atom is -0.316 e. The second kappa shape index (κ2) is 5.58. The summed E-state index contributed by atoms with van der Waals surface area (Å²) in [6.07, 6.45) is 2.61. The predicted molar refractivity (Wildman–Crippen MR) is 81.5 cm³/mol. The summed E-state index contributed by atoms with van der Waals surface area (Å²) in [5.74, 6) is 0.695. The average Bonchev–Trinajstić information content (AvgIpc) is 2.49. The molecule has 1 aliphatic heterocycles. The number of piperidine rings is 1. The minimum atomic E-state index is 0.695. The largest absolute Gasteiger partial charge is 0.316 e. The van der Waals surface area contributed by atoms with Crippen LogP contribution in [0.2, 0.25) is 0 Å². The van der Waals surface area contributed by atoms with Crippen LogP contribution in [0.3, 0.4) is 0 Å². The van der Waals surface area contributed by atoms with E-state index in [2.05, 4.69) is 60.8 Å². The van der Waals surface area contributed by atoms with Crippen molar-refractivity contribution in [2.24, 2.45) is 0 Å². The van der Waals surface area contributed by atoms with Gasteiger partial charge in [-0.05, 0) is 48.9 Å². The number of rotatable bonds is 2. The third kappa shape index (κ3) is 2.87. The highest BCUT2D eigenvalue weighted by Gasteiger charge is 2.14. The van der Waals surface area contributed by atoms with Crippen molar-refractivity contribution in [1.29, 1.82) is 0 Å². The lowest BCUT2D eigenvalue weighted by molar-refractivity contribution is 0.461. The van der Waals surface area contributed by atoms with Crippen molar-refractivity contribution in [3.05, 3.63) is 59.7 Å². The van der Waals surface area contributed by atoms with E-state index in [9.17, 15) is 0 Å². The lowest BCUT2D eigenvalue weighted by Gasteiger charge is -2.23. The standard InChI is InChI=1S/C18H21N/c1-14-4-6-15(7-5-14)16-8-10-17(11-9-16)18-3-2-12-19-13-18/h4-11,18-19H,2-3,12-13H2,1H3. The molecule has 1 nitrogen and oxygen atoms in total. The van der Waals surface area contributed by atoms with Gasteiger partial charge in [0.2, 0.25) is 0 Å². The van der Waals surface area contributed by atoms with Gasteiger partial charge in [0, 0.05) is 6.54 Å². The molecule has 0 saturated carbocycles. The molecule has 0 aromatic heterocycles. The maximum atomic E-state index is 3.49. The van der Waals surface area contributed by atoms with E-state index in [0.29, 0.717) is 5.92 Å². The molecule has 3 rings (SSSR count). The van der Waals surface area contributed by atoms with Crippen LogP contribution in [0.5, 0.6) is 0 Å². The summed E-state index contributed by atoms with van der Waals surface area (Å²) >= 11 is 0. The molecule has 2 aromatic rings. The van der Waals surface area contributed by atoms with Crippen molar-refractivity contribution in [2.75, 3.05) is 13.1 Å². The molecule has 0 aliphatic carbocycles. The third-order valence-electron chi connectivity index (χ3n) is 4.06. The van der Waals surface area contributed by atoms with Crippen LogP contribution in [-0.4, -0.2) is 13.1 Å². The van der Waals surface area contributed by atoms with Crippen LogP contribution in [0, 0.1) is 6.92 Å². The van der Waals surface area contributed by atoms with E-state index in [-0.39, 0.29) is 0 Å². The predicted octanol–water partition coefficient (Wildman–Crippen LogP) is 4.13. The Morgan fingerprint density at radius 3 is 2.11 bits per heavy atom. The highest BCUT2D eigenvalue weighted by molar-refractivity contribution is 5.64. The van der Waals surface area contributed by atoms with Gasteiger partial charge in [-0.1, -0.05) is 54.1 Å². The van der Waals surface area contributed by atoms with Crippen molar-refractivity contribution in [3.63, 3.8) is 0 Å². The zero-order valence-electron chi connectivity index (χ0n) is 11.5. The molecule has 0 radical (unpaired) electrons. The molecule has 1 N–H and O–H groups in total. The molecule has 98 valence electrons. The molecular formula is C18H21N. The molecule has 19 heavy (non-hydrogen) atoms. The normalized spacial score (nSPS) is 19.3. The van der Waals surface area contributed by atoms with Gasteiger partial charge in [0.1, 0.15) is 0 Å². The van der Waals surface area contributed by atoms with Crippen LogP contribution in [-0.2, 0) is 0 Å². The summed E-state index contributed by atoms with van der Waals surface area (Å²) in [4.78, 5) is 0. The Bertz CT molecular complexity index is 519. The zero-order valence-corrected chi connectivity index (χ0v) is 11.5. The summed E-state index contributed by atoms with van der Waals surface area (Å²) in [5, 5.41) is 3.49.